The van der Waals surface area contributed by atoms with Crippen molar-refractivity contribution in [1.82, 2.24) is 9.88 Å². The summed E-state index contributed by atoms with van der Waals surface area (Å²) in [6.45, 7) is 1.96. The lowest BCUT2D eigenvalue weighted by Gasteiger charge is -2.11. The Morgan fingerprint density at radius 3 is 2.60 bits per heavy atom. The average Bonchev–Trinajstić information content (AvgIpc) is 2.43. The molecule has 5 nitrogen and oxygen atoms in total. The van der Waals surface area contributed by atoms with Crippen LogP contribution in [0.5, 0.6) is 11.6 Å². The number of benzene rings is 1. The minimum absolute atomic E-state index is 0.0980. The molecular formula is C15H17N3O2. The second kappa shape index (κ2) is 5.61. The Morgan fingerprint density at radius 1 is 1.25 bits per heavy atom. The van der Waals surface area contributed by atoms with Gasteiger partial charge in [0.05, 0.1) is 11.3 Å². The molecule has 0 saturated carbocycles. The van der Waals surface area contributed by atoms with Crippen LogP contribution < -0.4 is 10.5 Å². The van der Waals surface area contributed by atoms with Gasteiger partial charge in [-0.3, -0.25) is 4.79 Å². The molecule has 2 rings (SSSR count). The van der Waals surface area contributed by atoms with E-state index in [0.29, 0.717) is 22.9 Å². The van der Waals surface area contributed by atoms with Gasteiger partial charge >= 0.3 is 0 Å². The molecule has 0 unspecified atom stereocenters. The lowest BCUT2D eigenvalue weighted by atomic mass is 10.2. The van der Waals surface area contributed by atoms with Gasteiger partial charge in [-0.2, -0.15) is 0 Å². The van der Waals surface area contributed by atoms with Crippen molar-refractivity contribution in [3.8, 4) is 11.6 Å². The van der Waals surface area contributed by atoms with E-state index in [9.17, 15) is 4.79 Å². The number of rotatable bonds is 3. The zero-order valence-electron chi connectivity index (χ0n) is 11.8. The third-order valence-corrected chi connectivity index (χ3v) is 2.77. The number of aryl methyl sites for hydroxylation is 1. The first kappa shape index (κ1) is 13.9. The first-order valence-electron chi connectivity index (χ1n) is 6.19. The highest BCUT2D eigenvalue weighted by Gasteiger charge is 2.09. The maximum absolute atomic E-state index is 11.7. The van der Waals surface area contributed by atoms with E-state index in [-0.39, 0.29) is 5.91 Å². The molecule has 0 aliphatic heterocycles. The molecular weight excluding hydrogens is 254 g/mol. The van der Waals surface area contributed by atoms with E-state index in [1.165, 1.54) is 11.1 Å². The van der Waals surface area contributed by atoms with Crippen LogP contribution in [0.1, 0.15) is 15.9 Å². The van der Waals surface area contributed by atoms with Crippen molar-refractivity contribution in [2.45, 2.75) is 6.92 Å². The van der Waals surface area contributed by atoms with E-state index in [2.05, 4.69) is 4.98 Å². The van der Waals surface area contributed by atoms with Gasteiger partial charge in [-0.1, -0.05) is 6.07 Å². The Kier molecular flexibility index (Phi) is 3.89. The maximum atomic E-state index is 11.7. The van der Waals surface area contributed by atoms with Crippen LogP contribution in [-0.2, 0) is 0 Å². The molecule has 0 radical (unpaired) electrons. The number of hydrogen-bond acceptors (Lipinski definition) is 4. The summed E-state index contributed by atoms with van der Waals surface area (Å²) >= 11 is 0. The van der Waals surface area contributed by atoms with Crippen molar-refractivity contribution >= 4 is 11.6 Å². The van der Waals surface area contributed by atoms with Crippen LogP contribution >= 0.6 is 0 Å². The number of hydrogen-bond donors (Lipinski definition) is 1. The SMILES string of the molecule is Cc1ccc(N)c(Oc2ccc(C(=O)N(C)C)cn2)c1. The van der Waals surface area contributed by atoms with Crippen LogP contribution in [0.3, 0.4) is 0 Å². The van der Waals surface area contributed by atoms with Crippen LogP contribution in [0.15, 0.2) is 36.5 Å². The number of aromatic nitrogens is 1. The number of anilines is 1. The molecule has 20 heavy (non-hydrogen) atoms. The monoisotopic (exact) mass is 271 g/mol. The molecule has 0 atom stereocenters. The normalized spacial score (nSPS) is 10.2. The second-order valence-corrected chi connectivity index (χ2v) is 4.73. The lowest BCUT2D eigenvalue weighted by Crippen LogP contribution is -2.21. The number of ether oxygens (including phenoxy) is 1. The van der Waals surface area contributed by atoms with Crippen LogP contribution in [0, 0.1) is 6.92 Å². The van der Waals surface area contributed by atoms with Gasteiger partial charge in [-0.25, -0.2) is 4.98 Å². The molecule has 2 aromatic rings. The van der Waals surface area contributed by atoms with E-state index in [0.717, 1.165) is 5.56 Å². The first-order valence-corrected chi connectivity index (χ1v) is 6.19. The summed E-state index contributed by atoms with van der Waals surface area (Å²) in [5.74, 6) is 0.862. The van der Waals surface area contributed by atoms with Gasteiger partial charge in [-0.05, 0) is 30.7 Å². The summed E-state index contributed by atoms with van der Waals surface area (Å²) in [5.41, 5.74) is 7.95. The zero-order chi connectivity index (χ0) is 14.7. The summed E-state index contributed by atoms with van der Waals surface area (Å²) in [6.07, 6.45) is 1.49. The van der Waals surface area contributed by atoms with E-state index >= 15 is 0 Å². The Bertz CT molecular complexity index is 622. The lowest BCUT2D eigenvalue weighted by molar-refractivity contribution is 0.0827. The number of amides is 1. The minimum atomic E-state index is -0.0980. The Morgan fingerprint density at radius 2 is 2.00 bits per heavy atom. The van der Waals surface area contributed by atoms with Gasteiger partial charge < -0.3 is 15.4 Å². The van der Waals surface area contributed by atoms with Gasteiger partial charge in [0.2, 0.25) is 5.88 Å². The molecule has 1 aromatic carbocycles. The fraction of sp³-hybridized carbons (Fsp3) is 0.200. The minimum Gasteiger partial charge on any atom is -0.437 e. The van der Waals surface area contributed by atoms with Crippen molar-refractivity contribution in [2.24, 2.45) is 0 Å². The van der Waals surface area contributed by atoms with Crippen LogP contribution in [0.4, 0.5) is 5.69 Å². The van der Waals surface area contributed by atoms with Crippen molar-refractivity contribution in [3.63, 3.8) is 0 Å². The number of carbonyl (C=O) groups excluding carboxylic acids is 1. The number of nitrogens with zero attached hydrogens (tertiary/aromatic N) is 2. The molecule has 0 aliphatic rings. The number of nitrogen functional groups attached to an aromatic ring is 1. The van der Waals surface area contributed by atoms with E-state index in [1.807, 2.05) is 19.1 Å². The van der Waals surface area contributed by atoms with Crippen molar-refractivity contribution in [1.29, 1.82) is 0 Å². The van der Waals surface area contributed by atoms with Gasteiger partial charge in [0.15, 0.2) is 5.75 Å². The Balaban J connectivity index is 2.19. The summed E-state index contributed by atoms with van der Waals surface area (Å²) in [5, 5.41) is 0. The summed E-state index contributed by atoms with van der Waals surface area (Å²) in [4.78, 5) is 17.4. The molecule has 1 aromatic heterocycles. The van der Waals surface area contributed by atoms with Gasteiger partial charge in [0.1, 0.15) is 0 Å². The predicted octanol–water partition coefficient (Wildman–Crippen LogP) is 2.47. The molecule has 104 valence electrons. The summed E-state index contributed by atoms with van der Waals surface area (Å²) in [7, 11) is 3.39. The molecule has 0 bridgehead atoms. The number of pyridine rings is 1. The molecule has 0 aliphatic carbocycles. The number of carbonyl (C=O) groups is 1. The van der Waals surface area contributed by atoms with Crippen LogP contribution in [0.25, 0.3) is 0 Å². The zero-order valence-corrected chi connectivity index (χ0v) is 11.8. The number of nitrogens with two attached hydrogens (primary N) is 1. The van der Waals surface area contributed by atoms with E-state index in [1.54, 1.807) is 32.3 Å². The van der Waals surface area contributed by atoms with Gasteiger partial charge in [-0.15, -0.1) is 0 Å². The smallest absolute Gasteiger partial charge is 0.254 e. The molecule has 1 heterocycles. The largest absolute Gasteiger partial charge is 0.437 e. The second-order valence-electron chi connectivity index (χ2n) is 4.73. The van der Waals surface area contributed by atoms with Crippen LogP contribution in [-0.4, -0.2) is 29.9 Å². The molecule has 0 fully saturated rings. The van der Waals surface area contributed by atoms with Crippen molar-refractivity contribution in [3.05, 3.63) is 47.7 Å². The van der Waals surface area contributed by atoms with Gasteiger partial charge in [0.25, 0.3) is 5.91 Å². The third kappa shape index (κ3) is 3.06. The van der Waals surface area contributed by atoms with Gasteiger partial charge in [0, 0.05) is 26.4 Å². The van der Waals surface area contributed by atoms with E-state index < -0.39 is 0 Å². The molecule has 1 amide bonds. The fourth-order valence-corrected chi connectivity index (χ4v) is 1.67. The molecule has 5 heteroatoms. The topological polar surface area (TPSA) is 68.5 Å². The third-order valence-electron chi connectivity index (χ3n) is 2.77. The highest BCUT2D eigenvalue weighted by atomic mass is 16.5. The summed E-state index contributed by atoms with van der Waals surface area (Å²) < 4.78 is 5.62. The van der Waals surface area contributed by atoms with Crippen LogP contribution in [0.2, 0.25) is 0 Å². The standard InChI is InChI=1S/C15H17N3O2/c1-10-4-6-12(16)13(8-10)20-14-7-5-11(9-17-14)15(19)18(2)3/h4-9H,16H2,1-3H3. The highest BCUT2D eigenvalue weighted by molar-refractivity contribution is 5.93. The average molecular weight is 271 g/mol. The predicted molar refractivity (Wildman–Crippen MR) is 77.9 cm³/mol. The molecule has 2 N–H and O–H groups in total. The fourth-order valence-electron chi connectivity index (χ4n) is 1.67. The first-order chi connectivity index (χ1) is 9.47. The Hall–Kier alpha value is -2.56. The van der Waals surface area contributed by atoms with E-state index in [4.69, 9.17) is 10.5 Å². The maximum Gasteiger partial charge on any atom is 0.254 e. The Labute approximate surface area is 118 Å². The molecule has 0 spiro atoms. The summed E-state index contributed by atoms with van der Waals surface area (Å²) in [6, 6.07) is 8.87. The molecule has 0 saturated heterocycles. The van der Waals surface area contributed by atoms with Crippen molar-refractivity contribution < 1.29 is 9.53 Å². The quantitative estimate of drug-likeness (QED) is 0.871. The van der Waals surface area contributed by atoms with Crippen molar-refractivity contribution in [2.75, 3.05) is 19.8 Å². The highest BCUT2D eigenvalue weighted by Crippen LogP contribution is 2.27.